The molecule has 0 radical (unpaired) electrons. The highest BCUT2D eigenvalue weighted by Gasteiger charge is 2.19. The van der Waals surface area contributed by atoms with Crippen molar-refractivity contribution in [1.82, 2.24) is 9.88 Å². The van der Waals surface area contributed by atoms with Gasteiger partial charge >= 0.3 is 0 Å². The SMILES string of the molecule is CCN1CCN(c2nc(-c3ccc(OCCCS(=O)(=O)O)cc3)cc3ccccc23)CC1. The van der Waals surface area contributed by atoms with E-state index in [9.17, 15) is 8.42 Å². The maximum atomic E-state index is 10.8. The van der Waals surface area contributed by atoms with Crippen LogP contribution in [0.25, 0.3) is 22.0 Å². The first-order valence-corrected chi connectivity index (χ1v) is 12.6. The zero-order chi connectivity index (χ0) is 22.6. The molecule has 7 nitrogen and oxygen atoms in total. The molecule has 2 heterocycles. The maximum Gasteiger partial charge on any atom is 0.264 e. The lowest BCUT2D eigenvalue weighted by Crippen LogP contribution is -2.46. The van der Waals surface area contributed by atoms with Gasteiger partial charge in [-0.2, -0.15) is 8.42 Å². The fourth-order valence-electron chi connectivity index (χ4n) is 4.00. The summed E-state index contributed by atoms with van der Waals surface area (Å²) < 4.78 is 36.0. The molecule has 0 unspecified atom stereocenters. The van der Waals surface area contributed by atoms with Gasteiger partial charge in [-0.1, -0.05) is 31.2 Å². The Kier molecular flexibility index (Phi) is 6.93. The standard InChI is InChI=1S/C24H29N3O4S/c1-2-26-12-14-27(15-13-26)24-22-7-4-3-6-20(22)18-23(25-24)19-8-10-21(11-9-19)31-16-5-17-32(28,29)30/h3-4,6-11,18H,2,5,12-17H2,1H3,(H,28,29,30). The van der Waals surface area contributed by atoms with Crippen LogP contribution in [0.1, 0.15) is 13.3 Å². The monoisotopic (exact) mass is 455 g/mol. The van der Waals surface area contributed by atoms with Crippen molar-refractivity contribution < 1.29 is 17.7 Å². The molecule has 1 aliphatic heterocycles. The Morgan fingerprint density at radius 2 is 1.75 bits per heavy atom. The fraction of sp³-hybridized carbons (Fsp3) is 0.375. The molecule has 1 aromatic heterocycles. The van der Waals surface area contributed by atoms with Gasteiger partial charge < -0.3 is 14.5 Å². The van der Waals surface area contributed by atoms with Crippen LogP contribution in [-0.4, -0.2) is 67.9 Å². The van der Waals surface area contributed by atoms with Crippen LogP contribution in [0.15, 0.2) is 54.6 Å². The first kappa shape index (κ1) is 22.5. The molecule has 8 heteroatoms. The Labute approximate surface area is 189 Å². The van der Waals surface area contributed by atoms with Gasteiger partial charge in [-0.15, -0.1) is 0 Å². The number of nitrogens with zero attached hydrogens (tertiary/aromatic N) is 3. The van der Waals surface area contributed by atoms with Gasteiger partial charge in [0.2, 0.25) is 0 Å². The van der Waals surface area contributed by atoms with Crippen molar-refractivity contribution in [1.29, 1.82) is 0 Å². The van der Waals surface area contributed by atoms with E-state index in [2.05, 4.69) is 47.1 Å². The van der Waals surface area contributed by atoms with Gasteiger partial charge in [0.05, 0.1) is 18.1 Å². The molecule has 170 valence electrons. The van der Waals surface area contributed by atoms with Gasteiger partial charge in [0.1, 0.15) is 11.6 Å². The molecule has 0 bridgehead atoms. The van der Waals surface area contributed by atoms with Gasteiger partial charge in [0.15, 0.2) is 0 Å². The molecule has 2 aromatic carbocycles. The lowest BCUT2D eigenvalue weighted by molar-refractivity contribution is 0.271. The number of piperazine rings is 1. The third kappa shape index (κ3) is 5.56. The summed E-state index contributed by atoms with van der Waals surface area (Å²) in [6, 6.07) is 18.1. The molecule has 32 heavy (non-hydrogen) atoms. The van der Waals surface area contributed by atoms with Crippen LogP contribution in [-0.2, 0) is 10.1 Å². The first-order valence-electron chi connectivity index (χ1n) is 11.0. The maximum absolute atomic E-state index is 10.8. The van der Waals surface area contributed by atoms with E-state index in [1.807, 2.05) is 24.3 Å². The zero-order valence-corrected chi connectivity index (χ0v) is 19.1. The molecule has 0 spiro atoms. The first-order chi connectivity index (χ1) is 15.4. The molecule has 3 aromatic rings. The quantitative estimate of drug-likeness (QED) is 0.410. The third-order valence-corrected chi connectivity index (χ3v) is 6.61. The van der Waals surface area contributed by atoms with Crippen molar-refractivity contribution in [3.05, 3.63) is 54.6 Å². The Morgan fingerprint density at radius 1 is 1.03 bits per heavy atom. The number of hydrogen-bond donors (Lipinski definition) is 1. The lowest BCUT2D eigenvalue weighted by atomic mass is 10.1. The predicted octanol–water partition coefficient (Wildman–Crippen LogP) is 3.70. The van der Waals surface area contributed by atoms with Crippen molar-refractivity contribution in [2.24, 2.45) is 0 Å². The van der Waals surface area contributed by atoms with Crippen LogP contribution in [0.5, 0.6) is 5.75 Å². The Balaban J connectivity index is 1.54. The largest absolute Gasteiger partial charge is 0.494 e. The van der Waals surface area contributed by atoms with Gasteiger partial charge in [0.25, 0.3) is 10.1 Å². The van der Waals surface area contributed by atoms with E-state index in [0.29, 0.717) is 5.75 Å². The molecule has 1 aliphatic rings. The third-order valence-electron chi connectivity index (χ3n) is 5.80. The van der Waals surface area contributed by atoms with E-state index in [1.54, 1.807) is 0 Å². The molecule has 0 saturated carbocycles. The van der Waals surface area contributed by atoms with E-state index in [0.717, 1.165) is 55.2 Å². The van der Waals surface area contributed by atoms with Crippen LogP contribution in [0.2, 0.25) is 0 Å². The number of pyridine rings is 1. The minimum atomic E-state index is -3.95. The number of hydrogen-bond acceptors (Lipinski definition) is 6. The summed E-state index contributed by atoms with van der Waals surface area (Å²) in [6.45, 7) is 7.51. The molecular weight excluding hydrogens is 426 g/mol. The normalized spacial score (nSPS) is 15.2. The van der Waals surface area contributed by atoms with Crippen molar-refractivity contribution >= 4 is 26.7 Å². The summed E-state index contributed by atoms with van der Waals surface area (Å²) in [7, 11) is -3.95. The lowest BCUT2D eigenvalue weighted by Gasteiger charge is -2.35. The van der Waals surface area contributed by atoms with Gasteiger partial charge in [-0.25, -0.2) is 4.98 Å². The second-order valence-corrected chi connectivity index (χ2v) is 9.56. The smallest absolute Gasteiger partial charge is 0.264 e. The minimum absolute atomic E-state index is 0.223. The molecule has 0 aliphatic carbocycles. The molecule has 0 atom stereocenters. The average Bonchev–Trinajstić information content (AvgIpc) is 2.81. The van der Waals surface area contributed by atoms with Crippen LogP contribution in [0.3, 0.4) is 0 Å². The molecular formula is C24H29N3O4S. The van der Waals surface area contributed by atoms with Gasteiger partial charge in [0, 0.05) is 37.1 Å². The number of anilines is 1. The van der Waals surface area contributed by atoms with Crippen LogP contribution < -0.4 is 9.64 Å². The minimum Gasteiger partial charge on any atom is -0.494 e. The Bertz CT molecular complexity index is 1160. The summed E-state index contributed by atoms with van der Waals surface area (Å²) in [5.41, 5.74) is 1.91. The Hall–Kier alpha value is -2.68. The number of rotatable bonds is 8. The number of fused-ring (bicyclic) bond motifs is 1. The fourth-order valence-corrected chi connectivity index (χ4v) is 4.48. The highest BCUT2D eigenvalue weighted by atomic mass is 32.2. The highest BCUT2D eigenvalue weighted by Crippen LogP contribution is 2.31. The van der Waals surface area contributed by atoms with Gasteiger partial charge in [-0.05, 0) is 48.7 Å². The van der Waals surface area contributed by atoms with Crippen LogP contribution >= 0.6 is 0 Å². The van der Waals surface area contributed by atoms with Crippen molar-refractivity contribution in [3.63, 3.8) is 0 Å². The summed E-state index contributed by atoms with van der Waals surface area (Å²) in [4.78, 5) is 9.89. The molecule has 1 fully saturated rings. The average molecular weight is 456 g/mol. The van der Waals surface area contributed by atoms with E-state index < -0.39 is 10.1 Å². The summed E-state index contributed by atoms with van der Waals surface area (Å²) in [5, 5.41) is 2.33. The van der Waals surface area contributed by atoms with E-state index in [-0.39, 0.29) is 18.8 Å². The Morgan fingerprint density at radius 3 is 2.44 bits per heavy atom. The zero-order valence-electron chi connectivity index (χ0n) is 18.3. The van der Waals surface area contributed by atoms with Crippen LogP contribution in [0, 0.1) is 0 Å². The summed E-state index contributed by atoms with van der Waals surface area (Å²) >= 11 is 0. The van der Waals surface area contributed by atoms with E-state index in [4.69, 9.17) is 14.3 Å². The van der Waals surface area contributed by atoms with Crippen molar-refractivity contribution in [2.45, 2.75) is 13.3 Å². The summed E-state index contributed by atoms with van der Waals surface area (Å²) in [5.74, 6) is 1.38. The van der Waals surface area contributed by atoms with E-state index in [1.165, 1.54) is 5.39 Å². The second-order valence-electron chi connectivity index (χ2n) is 7.99. The molecule has 0 amide bonds. The number of ether oxygens (including phenoxy) is 1. The van der Waals surface area contributed by atoms with E-state index >= 15 is 0 Å². The molecule has 4 rings (SSSR count). The molecule has 1 saturated heterocycles. The van der Waals surface area contributed by atoms with Gasteiger partial charge in [-0.3, -0.25) is 4.55 Å². The number of benzene rings is 2. The summed E-state index contributed by atoms with van der Waals surface area (Å²) in [6.07, 6.45) is 0.238. The second kappa shape index (κ2) is 9.85. The number of aromatic nitrogens is 1. The predicted molar refractivity (Wildman–Crippen MR) is 128 cm³/mol. The van der Waals surface area contributed by atoms with Crippen molar-refractivity contribution in [2.75, 3.05) is 50.0 Å². The molecule has 1 N–H and O–H groups in total. The highest BCUT2D eigenvalue weighted by molar-refractivity contribution is 7.85. The topological polar surface area (TPSA) is 83.0 Å². The van der Waals surface area contributed by atoms with Crippen LogP contribution in [0.4, 0.5) is 5.82 Å². The van der Waals surface area contributed by atoms with Crippen molar-refractivity contribution in [3.8, 4) is 17.0 Å². The number of likely N-dealkylation sites (N-methyl/N-ethyl adjacent to an activating group) is 1.